The average Bonchev–Trinajstić information content (AvgIpc) is 3.18. The van der Waals surface area contributed by atoms with Gasteiger partial charge in [-0.3, -0.25) is 4.79 Å². The third-order valence-corrected chi connectivity index (χ3v) is 5.09. The zero-order valence-corrected chi connectivity index (χ0v) is 17.4. The van der Waals surface area contributed by atoms with Crippen molar-refractivity contribution in [3.63, 3.8) is 0 Å². The van der Waals surface area contributed by atoms with E-state index >= 15 is 0 Å². The molecule has 28 heavy (non-hydrogen) atoms. The number of ether oxygens (including phenoxy) is 1. The fourth-order valence-electron chi connectivity index (χ4n) is 2.27. The second-order valence-corrected chi connectivity index (χ2v) is 7.69. The molecule has 0 bridgehead atoms. The van der Waals surface area contributed by atoms with Crippen LogP contribution in [0.3, 0.4) is 0 Å². The molecule has 0 spiro atoms. The lowest BCUT2D eigenvalue weighted by Crippen LogP contribution is -2.30. The summed E-state index contributed by atoms with van der Waals surface area (Å²) >= 11 is 4.64. The first-order valence-corrected chi connectivity index (χ1v) is 10.2. The standard InChI is InChI=1S/C20H18BrN3O3S/c1-13(18(25)23-16-9-7-15(21)8-10-16)27-19(26)17-12-28-20(24-17)22-11-14-5-3-2-4-6-14/h2-10,12-13H,11H2,1H3,(H,22,24)(H,23,25). The van der Waals surface area contributed by atoms with Gasteiger partial charge in [-0.1, -0.05) is 46.3 Å². The number of carbonyl (C=O) groups excluding carboxylic acids is 2. The van der Waals surface area contributed by atoms with E-state index in [1.165, 1.54) is 18.3 Å². The lowest BCUT2D eigenvalue weighted by molar-refractivity contribution is -0.123. The van der Waals surface area contributed by atoms with Gasteiger partial charge >= 0.3 is 5.97 Å². The normalized spacial score (nSPS) is 11.5. The maximum absolute atomic E-state index is 12.3. The molecule has 1 aromatic heterocycles. The van der Waals surface area contributed by atoms with Crippen molar-refractivity contribution < 1.29 is 14.3 Å². The van der Waals surface area contributed by atoms with E-state index < -0.39 is 18.0 Å². The zero-order chi connectivity index (χ0) is 19.9. The molecule has 3 aromatic rings. The molecule has 0 aliphatic carbocycles. The number of benzene rings is 2. The highest BCUT2D eigenvalue weighted by atomic mass is 79.9. The Balaban J connectivity index is 1.51. The number of hydrogen-bond donors (Lipinski definition) is 2. The zero-order valence-electron chi connectivity index (χ0n) is 15.0. The van der Waals surface area contributed by atoms with Crippen LogP contribution in [0.4, 0.5) is 10.8 Å². The minimum atomic E-state index is -0.946. The van der Waals surface area contributed by atoms with Crippen LogP contribution in [-0.4, -0.2) is 23.0 Å². The number of carbonyl (C=O) groups is 2. The molecule has 0 fully saturated rings. The molecule has 0 saturated heterocycles. The first-order chi connectivity index (χ1) is 13.5. The number of hydrogen-bond acceptors (Lipinski definition) is 6. The van der Waals surface area contributed by atoms with Gasteiger partial charge in [0.1, 0.15) is 0 Å². The van der Waals surface area contributed by atoms with E-state index in [2.05, 4.69) is 31.5 Å². The summed E-state index contributed by atoms with van der Waals surface area (Å²) in [6.07, 6.45) is -0.946. The largest absolute Gasteiger partial charge is 0.448 e. The molecule has 3 rings (SSSR count). The molecule has 0 aliphatic heterocycles. The minimum Gasteiger partial charge on any atom is -0.448 e. The molecule has 2 N–H and O–H groups in total. The molecule has 1 unspecified atom stereocenters. The Labute approximate surface area is 175 Å². The number of amides is 1. The van der Waals surface area contributed by atoms with Crippen LogP contribution < -0.4 is 10.6 Å². The Kier molecular flexibility index (Phi) is 6.78. The summed E-state index contributed by atoms with van der Waals surface area (Å²) in [4.78, 5) is 28.7. The summed E-state index contributed by atoms with van der Waals surface area (Å²) in [5.41, 5.74) is 1.90. The number of nitrogens with zero attached hydrogens (tertiary/aromatic N) is 1. The van der Waals surface area contributed by atoms with E-state index in [0.29, 0.717) is 17.4 Å². The van der Waals surface area contributed by atoms with Gasteiger partial charge in [0.2, 0.25) is 0 Å². The first kappa shape index (κ1) is 20.0. The molecule has 6 nitrogen and oxygen atoms in total. The number of nitrogens with one attached hydrogen (secondary N) is 2. The van der Waals surface area contributed by atoms with Gasteiger partial charge in [-0.25, -0.2) is 9.78 Å². The number of halogens is 1. The summed E-state index contributed by atoms with van der Waals surface area (Å²) in [7, 11) is 0. The number of esters is 1. The predicted octanol–water partition coefficient (Wildman–Crippen LogP) is 4.70. The highest BCUT2D eigenvalue weighted by Gasteiger charge is 2.21. The van der Waals surface area contributed by atoms with Crippen molar-refractivity contribution >= 4 is 50.0 Å². The van der Waals surface area contributed by atoms with E-state index in [9.17, 15) is 9.59 Å². The fraction of sp³-hybridized carbons (Fsp3) is 0.150. The van der Waals surface area contributed by atoms with Crippen LogP contribution in [0.5, 0.6) is 0 Å². The van der Waals surface area contributed by atoms with E-state index in [-0.39, 0.29) is 5.69 Å². The van der Waals surface area contributed by atoms with E-state index in [0.717, 1.165) is 10.0 Å². The van der Waals surface area contributed by atoms with Crippen LogP contribution in [0, 0.1) is 0 Å². The monoisotopic (exact) mass is 459 g/mol. The van der Waals surface area contributed by atoms with Gasteiger partial charge in [0.05, 0.1) is 0 Å². The molecule has 8 heteroatoms. The van der Waals surface area contributed by atoms with Crippen LogP contribution >= 0.6 is 27.3 Å². The van der Waals surface area contributed by atoms with Crippen molar-refractivity contribution in [2.75, 3.05) is 10.6 Å². The Bertz CT molecular complexity index is 945. The van der Waals surface area contributed by atoms with E-state index in [4.69, 9.17) is 4.74 Å². The van der Waals surface area contributed by atoms with Crippen molar-refractivity contribution in [3.8, 4) is 0 Å². The van der Waals surface area contributed by atoms with Gasteiger partial charge in [-0.15, -0.1) is 11.3 Å². The number of thiazole rings is 1. The van der Waals surface area contributed by atoms with Gasteiger partial charge in [-0.2, -0.15) is 0 Å². The molecule has 0 saturated carbocycles. The first-order valence-electron chi connectivity index (χ1n) is 8.52. The molecule has 0 aliphatic rings. The second-order valence-electron chi connectivity index (χ2n) is 5.92. The van der Waals surface area contributed by atoms with Crippen molar-refractivity contribution in [1.82, 2.24) is 4.98 Å². The second kappa shape index (κ2) is 9.48. The van der Waals surface area contributed by atoms with Crippen molar-refractivity contribution in [2.45, 2.75) is 19.6 Å². The third kappa shape index (κ3) is 5.64. The number of rotatable bonds is 7. The molecule has 2 aromatic carbocycles. The van der Waals surface area contributed by atoms with Gasteiger partial charge in [0.25, 0.3) is 5.91 Å². The van der Waals surface area contributed by atoms with Gasteiger partial charge in [-0.05, 0) is 36.8 Å². The molecular weight excluding hydrogens is 442 g/mol. The van der Waals surface area contributed by atoms with E-state index in [1.54, 1.807) is 17.5 Å². The number of anilines is 2. The van der Waals surface area contributed by atoms with Crippen LogP contribution in [0.25, 0.3) is 0 Å². The van der Waals surface area contributed by atoms with Crippen molar-refractivity contribution in [2.24, 2.45) is 0 Å². The Hall–Kier alpha value is -2.71. The van der Waals surface area contributed by atoms with E-state index in [1.807, 2.05) is 42.5 Å². The maximum atomic E-state index is 12.3. The minimum absolute atomic E-state index is 0.170. The lowest BCUT2D eigenvalue weighted by atomic mass is 10.2. The van der Waals surface area contributed by atoms with Crippen LogP contribution in [0.1, 0.15) is 23.0 Å². The van der Waals surface area contributed by atoms with Gasteiger partial charge < -0.3 is 15.4 Å². The molecular formula is C20H18BrN3O3S. The molecule has 1 heterocycles. The van der Waals surface area contributed by atoms with Crippen LogP contribution in [-0.2, 0) is 16.1 Å². The maximum Gasteiger partial charge on any atom is 0.358 e. The smallest absolute Gasteiger partial charge is 0.358 e. The molecule has 1 atom stereocenters. The lowest BCUT2D eigenvalue weighted by Gasteiger charge is -2.12. The van der Waals surface area contributed by atoms with Crippen molar-refractivity contribution in [1.29, 1.82) is 0 Å². The summed E-state index contributed by atoms with van der Waals surface area (Å²) in [5, 5.41) is 8.09. The predicted molar refractivity (Wildman–Crippen MR) is 114 cm³/mol. The molecule has 144 valence electrons. The van der Waals surface area contributed by atoms with Crippen LogP contribution in [0.15, 0.2) is 64.5 Å². The quantitative estimate of drug-likeness (QED) is 0.500. The average molecular weight is 460 g/mol. The molecule has 1 amide bonds. The topological polar surface area (TPSA) is 80.3 Å². The van der Waals surface area contributed by atoms with Crippen LogP contribution in [0.2, 0.25) is 0 Å². The van der Waals surface area contributed by atoms with Gasteiger partial charge in [0.15, 0.2) is 16.9 Å². The van der Waals surface area contributed by atoms with Crippen molar-refractivity contribution in [3.05, 3.63) is 75.7 Å². The summed E-state index contributed by atoms with van der Waals surface area (Å²) < 4.78 is 6.13. The highest BCUT2D eigenvalue weighted by Crippen LogP contribution is 2.18. The summed E-state index contributed by atoms with van der Waals surface area (Å²) in [5.74, 6) is -1.05. The molecule has 0 radical (unpaired) electrons. The highest BCUT2D eigenvalue weighted by molar-refractivity contribution is 9.10. The Morgan fingerprint density at radius 1 is 1.14 bits per heavy atom. The fourth-order valence-corrected chi connectivity index (χ4v) is 3.22. The summed E-state index contributed by atoms with van der Waals surface area (Å²) in [6.45, 7) is 2.13. The SMILES string of the molecule is CC(OC(=O)c1csc(NCc2ccccc2)n1)C(=O)Nc1ccc(Br)cc1. The van der Waals surface area contributed by atoms with Gasteiger partial charge in [0, 0.05) is 22.1 Å². The number of aromatic nitrogens is 1. The Morgan fingerprint density at radius 2 is 1.86 bits per heavy atom. The Morgan fingerprint density at radius 3 is 2.57 bits per heavy atom. The third-order valence-electron chi connectivity index (χ3n) is 3.76. The summed E-state index contributed by atoms with van der Waals surface area (Å²) in [6, 6.07) is 17.0.